The van der Waals surface area contributed by atoms with Gasteiger partial charge in [-0.2, -0.15) is 0 Å². The quantitative estimate of drug-likeness (QED) is 0.167. The Morgan fingerprint density at radius 3 is 1.07 bits per heavy atom. The largest absolute Gasteiger partial charge is 0.308 e. The van der Waals surface area contributed by atoms with Crippen molar-refractivity contribution in [2.45, 2.75) is 0 Å². The van der Waals surface area contributed by atoms with Crippen molar-refractivity contribution in [2.75, 3.05) is 9.80 Å². The molecule has 0 bridgehead atoms. The molecule has 282 valence electrons. The maximum Gasteiger partial charge on any atom is 0.147 e. The second-order valence-electron chi connectivity index (χ2n) is 15.6. The number of anilines is 6. The van der Waals surface area contributed by atoms with Gasteiger partial charge in [-0.15, -0.1) is 0 Å². The van der Waals surface area contributed by atoms with Gasteiger partial charge in [0.15, 0.2) is 0 Å². The molecule has 60 heavy (non-hydrogen) atoms. The first-order chi connectivity index (χ1) is 29.6. The fraction of sp³-hybridized carbons (Fsp3) is 0. The monoisotopic (exact) mass is 774 g/mol. The van der Waals surface area contributed by atoms with E-state index in [-0.39, 0.29) is 11.6 Å². The Hall–Kier alpha value is -7.96. The van der Waals surface area contributed by atoms with E-state index in [9.17, 15) is 0 Å². The fourth-order valence-corrected chi connectivity index (χ4v) is 9.98. The second-order valence-corrected chi connectivity index (χ2v) is 15.6. The summed E-state index contributed by atoms with van der Waals surface area (Å²) in [5, 5.41) is 9.32. The zero-order chi connectivity index (χ0) is 39.6. The van der Waals surface area contributed by atoms with Crippen LogP contribution in [0.3, 0.4) is 0 Å². The number of nitrogens with zero attached hydrogens (tertiary/aromatic N) is 4. The SMILES string of the molecule is Fc1ccccc1N(c1ccccc1)c1ccc2c3cccc4c5cc6c(cc5n(c2c1)c34)c1cccc2c3ccc(N(c4ccccc4)c4ccccc4F)cc3n6c21. The normalized spacial score (nSPS) is 12.2. The number of benzene rings is 9. The van der Waals surface area contributed by atoms with Crippen LogP contribution < -0.4 is 9.80 Å². The summed E-state index contributed by atoms with van der Waals surface area (Å²) in [6, 6.07) is 64.7. The Balaban J connectivity index is 1.09. The van der Waals surface area contributed by atoms with Crippen molar-refractivity contribution < 1.29 is 8.78 Å². The first kappa shape index (κ1) is 33.1. The van der Waals surface area contributed by atoms with E-state index in [1.54, 1.807) is 12.1 Å². The molecule has 0 N–H and O–H groups in total. The summed E-state index contributed by atoms with van der Waals surface area (Å²) in [5.74, 6) is -0.570. The summed E-state index contributed by atoms with van der Waals surface area (Å²) in [5.41, 5.74) is 11.2. The zero-order valence-electron chi connectivity index (χ0n) is 32.0. The van der Waals surface area contributed by atoms with Crippen molar-refractivity contribution in [3.05, 3.63) is 206 Å². The summed E-state index contributed by atoms with van der Waals surface area (Å²) in [7, 11) is 0. The van der Waals surface area contributed by atoms with Crippen LogP contribution in [0.4, 0.5) is 42.9 Å². The molecule has 0 atom stereocenters. The molecule has 0 spiro atoms. The first-order valence-electron chi connectivity index (χ1n) is 20.2. The summed E-state index contributed by atoms with van der Waals surface area (Å²) in [4.78, 5) is 4.00. The average molecular weight is 775 g/mol. The second kappa shape index (κ2) is 12.3. The summed E-state index contributed by atoms with van der Waals surface area (Å²) in [6.45, 7) is 0. The van der Waals surface area contributed by atoms with Gasteiger partial charge in [0.1, 0.15) is 11.6 Å². The van der Waals surface area contributed by atoms with Gasteiger partial charge in [0.25, 0.3) is 0 Å². The number of para-hydroxylation sites is 6. The van der Waals surface area contributed by atoms with E-state index in [1.165, 1.54) is 44.7 Å². The maximum atomic E-state index is 15.6. The molecule has 0 unspecified atom stereocenters. The van der Waals surface area contributed by atoms with E-state index in [0.717, 1.165) is 66.4 Å². The lowest BCUT2D eigenvalue weighted by molar-refractivity contribution is 0.628. The van der Waals surface area contributed by atoms with Crippen LogP contribution in [0.5, 0.6) is 0 Å². The fourth-order valence-electron chi connectivity index (χ4n) is 9.98. The zero-order valence-corrected chi connectivity index (χ0v) is 32.0. The molecule has 0 saturated heterocycles. The minimum absolute atomic E-state index is 0.285. The summed E-state index contributed by atoms with van der Waals surface area (Å²) < 4.78 is 36.0. The molecule has 0 aliphatic rings. The van der Waals surface area contributed by atoms with Gasteiger partial charge in [-0.3, -0.25) is 0 Å². The maximum absolute atomic E-state index is 15.6. The Kier molecular flexibility index (Phi) is 6.76. The standard InChI is InChI=1S/C54H32F2N4/c55-45-21-7-9-23-47(45)57(33-13-3-1-4-14-33)35-25-27-37-39-17-11-19-41-43-32-52-44(31-51(43)59(53(39)41)49(37)29-35)42-20-12-18-40-38-28-26-36(30-50(38)60(52)54(40)42)58(34-15-5-2-6-16-34)48-24-10-8-22-46(48)56/h1-32H. The lowest BCUT2D eigenvalue weighted by Crippen LogP contribution is -2.11. The molecule has 0 amide bonds. The van der Waals surface area contributed by atoms with E-state index >= 15 is 8.78 Å². The van der Waals surface area contributed by atoms with E-state index in [2.05, 4.69) is 93.7 Å². The van der Waals surface area contributed by atoms with Crippen LogP contribution in [0.2, 0.25) is 0 Å². The molecule has 4 aromatic heterocycles. The van der Waals surface area contributed by atoms with E-state index < -0.39 is 0 Å². The van der Waals surface area contributed by atoms with Gasteiger partial charge in [-0.05, 0) is 84.9 Å². The number of hydrogen-bond acceptors (Lipinski definition) is 2. The summed E-state index contributed by atoms with van der Waals surface area (Å²) in [6.07, 6.45) is 0. The van der Waals surface area contributed by atoms with Crippen LogP contribution in [0.15, 0.2) is 194 Å². The number of halogens is 2. The van der Waals surface area contributed by atoms with E-state index in [4.69, 9.17) is 0 Å². The van der Waals surface area contributed by atoms with Crippen LogP contribution in [-0.2, 0) is 0 Å². The van der Waals surface area contributed by atoms with E-state index in [0.29, 0.717) is 11.4 Å². The van der Waals surface area contributed by atoms with Gasteiger partial charge in [0.2, 0.25) is 0 Å². The van der Waals surface area contributed by atoms with Gasteiger partial charge in [-0.25, -0.2) is 8.78 Å². The van der Waals surface area contributed by atoms with Crippen LogP contribution in [0, 0.1) is 11.6 Å². The molecular formula is C54H32F2N4. The van der Waals surface area contributed by atoms with Crippen LogP contribution >= 0.6 is 0 Å². The average Bonchev–Trinajstić information content (AvgIpc) is 4.01. The molecule has 4 heterocycles. The minimum atomic E-state index is -0.285. The van der Waals surface area contributed by atoms with Crippen LogP contribution in [-0.4, -0.2) is 8.80 Å². The Morgan fingerprint density at radius 2 is 0.650 bits per heavy atom. The van der Waals surface area contributed by atoms with Crippen molar-refractivity contribution in [3.63, 3.8) is 0 Å². The predicted molar refractivity (Wildman–Crippen MR) is 245 cm³/mol. The lowest BCUT2D eigenvalue weighted by Gasteiger charge is -2.26. The topological polar surface area (TPSA) is 15.3 Å². The molecule has 9 aromatic carbocycles. The van der Waals surface area contributed by atoms with Gasteiger partial charge in [-0.1, -0.05) is 109 Å². The third-order valence-corrected chi connectivity index (χ3v) is 12.5. The smallest absolute Gasteiger partial charge is 0.147 e. The Labute approximate surface area is 342 Å². The highest BCUT2D eigenvalue weighted by Crippen LogP contribution is 2.47. The van der Waals surface area contributed by atoms with Crippen molar-refractivity contribution in [1.82, 2.24) is 8.80 Å². The molecule has 13 aromatic rings. The van der Waals surface area contributed by atoms with Gasteiger partial charge < -0.3 is 18.6 Å². The van der Waals surface area contributed by atoms with Crippen molar-refractivity contribution in [2.24, 2.45) is 0 Å². The highest BCUT2D eigenvalue weighted by atomic mass is 19.1. The Morgan fingerprint density at radius 1 is 0.283 bits per heavy atom. The van der Waals surface area contributed by atoms with E-state index in [1.807, 2.05) is 94.7 Å². The van der Waals surface area contributed by atoms with Crippen molar-refractivity contribution in [3.8, 4) is 0 Å². The molecule has 6 heteroatoms. The number of hydrogen-bond donors (Lipinski definition) is 0. The highest BCUT2D eigenvalue weighted by molar-refractivity contribution is 6.29. The summed E-state index contributed by atoms with van der Waals surface area (Å²) >= 11 is 0. The lowest BCUT2D eigenvalue weighted by atomic mass is 10.0. The molecular weight excluding hydrogens is 743 g/mol. The Bertz CT molecular complexity index is 3560. The highest BCUT2D eigenvalue weighted by Gasteiger charge is 2.25. The number of rotatable bonds is 6. The number of fused-ring (bicyclic) bond motifs is 12. The van der Waals surface area contributed by atoms with Gasteiger partial charge >= 0.3 is 0 Å². The first-order valence-corrected chi connectivity index (χ1v) is 20.2. The van der Waals surface area contributed by atoms with Crippen molar-refractivity contribution in [1.29, 1.82) is 0 Å². The minimum Gasteiger partial charge on any atom is -0.308 e. The molecule has 0 aliphatic heterocycles. The third kappa shape index (κ3) is 4.47. The molecule has 0 fully saturated rings. The van der Waals surface area contributed by atoms with Crippen LogP contribution in [0.1, 0.15) is 0 Å². The third-order valence-electron chi connectivity index (χ3n) is 12.5. The van der Waals surface area contributed by atoms with Gasteiger partial charge in [0.05, 0.1) is 44.5 Å². The molecule has 4 nitrogen and oxygen atoms in total. The number of aromatic nitrogens is 2. The van der Waals surface area contributed by atoms with Gasteiger partial charge in [0, 0.05) is 65.8 Å². The molecule has 0 aliphatic carbocycles. The van der Waals surface area contributed by atoms with Crippen LogP contribution in [0.25, 0.3) is 76.2 Å². The molecule has 0 radical (unpaired) electrons. The molecule has 0 saturated carbocycles. The van der Waals surface area contributed by atoms with Crippen molar-refractivity contribution >= 4 is 110 Å². The molecule has 13 rings (SSSR count). The predicted octanol–water partition coefficient (Wildman–Crippen LogP) is 15.2.